The van der Waals surface area contributed by atoms with E-state index in [0.717, 1.165) is 0 Å². The minimum atomic E-state index is -1.11. The molecule has 0 aliphatic rings. The molecule has 7 heteroatoms. The van der Waals surface area contributed by atoms with Gasteiger partial charge in [-0.05, 0) is 24.3 Å². The number of aromatic carboxylic acids is 1. The summed E-state index contributed by atoms with van der Waals surface area (Å²) in [7, 11) is 0. The quantitative estimate of drug-likeness (QED) is 0.760. The normalized spacial score (nSPS) is 9.88. The van der Waals surface area contributed by atoms with Crippen molar-refractivity contribution in [1.29, 1.82) is 5.26 Å². The van der Waals surface area contributed by atoms with E-state index >= 15 is 0 Å². The van der Waals surface area contributed by atoms with Crippen molar-refractivity contribution in [2.75, 3.05) is 0 Å². The molecule has 0 saturated heterocycles. The van der Waals surface area contributed by atoms with Crippen molar-refractivity contribution in [3.05, 3.63) is 72.1 Å². The van der Waals surface area contributed by atoms with E-state index in [9.17, 15) is 9.90 Å². The van der Waals surface area contributed by atoms with Gasteiger partial charge >= 0.3 is 5.97 Å². The molecule has 0 bridgehead atoms. The number of aromatic nitrogens is 2. The third-order valence-corrected chi connectivity index (χ3v) is 3.17. The summed E-state index contributed by atoms with van der Waals surface area (Å²) in [4.78, 5) is 19.1. The SMILES string of the molecule is N#Cc1ccccc1Oc1cc(Oc2ccccc2C(=O)O)ncn1. The Labute approximate surface area is 142 Å². The second kappa shape index (κ2) is 7.10. The van der Waals surface area contributed by atoms with Crippen LogP contribution in [-0.2, 0) is 0 Å². The van der Waals surface area contributed by atoms with Crippen LogP contribution < -0.4 is 9.47 Å². The van der Waals surface area contributed by atoms with Crippen molar-refractivity contribution in [3.63, 3.8) is 0 Å². The summed E-state index contributed by atoms with van der Waals surface area (Å²) < 4.78 is 11.1. The van der Waals surface area contributed by atoms with Gasteiger partial charge in [0.25, 0.3) is 0 Å². The van der Waals surface area contributed by atoms with Crippen LogP contribution in [0.1, 0.15) is 15.9 Å². The molecule has 3 rings (SSSR count). The molecular formula is C18H11N3O4. The molecule has 0 atom stereocenters. The van der Waals surface area contributed by atoms with E-state index in [4.69, 9.17) is 14.7 Å². The minimum absolute atomic E-state index is 0.0124. The Kier molecular flexibility index (Phi) is 4.53. The predicted molar refractivity (Wildman–Crippen MR) is 86.7 cm³/mol. The van der Waals surface area contributed by atoms with Crippen LogP contribution in [0.3, 0.4) is 0 Å². The fourth-order valence-electron chi connectivity index (χ4n) is 2.04. The summed E-state index contributed by atoms with van der Waals surface area (Å²) in [6.07, 6.45) is 1.23. The fourth-order valence-corrected chi connectivity index (χ4v) is 2.04. The lowest BCUT2D eigenvalue weighted by Crippen LogP contribution is -2.00. The number of nitriles is 1. The van der Waals surface area contributed by atoms with Crippen LogP contribution in [0.15, 0.2) is 60.9 Å². The standard InChI is InChI=1S/C18H11N3O4/c19-10-12-5-1-3-7-14(12)24-16-9-17(21-11-20-16)25-15-8-4-2-6-13(15)18(22)23/h1-9,11H,(H,22,23). The number of carboxylic acid groups (broad SMARTS) is 1. The molecule has 0 aliphatic carbocycles. The Balaban J connectivity index is 1.86. The number of hydrogen-bond donors (Lipinski definition) is 1. The van der Waals surface area contributed by atoms with Gasteiger partial charge in [0.2, 0.25) is 11.8 Å². The first-order valence-electron chi connectivity index (χ1n) is 7.16. The van der Waals surface area contributed by atoms with E-state index in [1.807, 2.05) is 6.07 Å². The maximum atomic E-state index is 11.2. The molecule has 122 valence electrons. The van der Waals surface area contributed by atoms with Crippen molar-refractivity contribution >= 4 is 5.97 Å². The molecule has 0 aliphatic heterocycles. The van der Waals surface area contributed by atoms with E-state index in [0.29, 0.717) is 11.3 Å². The zero-order valence-electron chi connectivity index (χ0n) is 12.8. The van der Waals surface area contributed by atoms with Gasteiger partial charge in [0.1, 0.15) is 29.5 Å². The Bertz CT molecular complexity index is 966. The van der Waals surface area contributed by atoms with Gasteiger partial charge in [0, 0.05) is 0 Å². The number of benzene rings is 2. The van der Waals surface area contributed by atoms with E-state index in [1.165, 1.54) is 24.5 Å². The third-order valence-electron chi connectivity index (χ3n) is 3.17. The predicted octanol–water partition coefficient (Wildman–Crippen LogP) is 3.63. The van der Waals surface area contributed by atoms with Crippen LogP contribution in [0.25, 0.3) is 0 Å². The Morgan fingerprint density at radius 1 is 0.960 bits per heavy atom. The van der Waals surface area contributed by atoms with Gasteiger partial charge in [-0.3, -0.25) is 0 Å². The number of para-hydroxylation sites is 2. The number of hydrogen-bond acceptors (Lipinski definition) is 6. The summed E-state index contributed by atoms with van der Waals surface area (Å²) in [6, 6.07) is 16.4. The topological polar surface area (TPSA) is 105 Å². The molecular weight excluding hydrogens is 322 g/mol. The first kappa shape index (κ1) is 16.0. The zero-order chi connectivity index (χ0) is 17.6. The lowest BCUT2D eigenvalue weighted by Gasteiger charge is -2.09. The van der Waals surface area contributed by atoms with Gasteiger partial charge in [0.05, 0.1) is 11.6 Å². The van der Waals surface area contributed by atoms with Gasteiger partial charge in [-0.15, -0.1) is 0 Å². The van der Waals surface area contributed by atoms with Crippen molar-refractivity contribution in [1.82, 2.24) is 9.97 Å². The first-order valence-corrected chi connectivity index (χ1v) is 7.16. The van der Waals surface area contributed by atoms with Gasteiger partial charge in [0.15, 0.2) is 0 Å². The first-order chi connectivity index (χ1) is 12.2. The van der Waals surface area contributed by atoms with Gasteiger partial charge in [-0.1, -0.05) is 24.3 Å². The average Bonchev–Trinajstić information content (AvgIpc) is 2.63. The highest BCUT2D eigenvalue weighted by molar-refractivity contribution is 5.90. The van der Waals surface area contributed by atoms with Crippen LogP contribution in [0.4, 0.5) is 0 Å². The van der Waals surface area contributed by atoms with Gasteiger partial charge in [-0.25, -0.2) is 14.8 Å². The summed E-state index contributed by atoms with van der Waals surface area (Å²) in [5.41, 5.74) is 0.373. The zero-order valence-corrected chi connectivity index (χ0v) is 12.8. The molecule has 7 nitrogen and oxygen atoms in total. The molecule has 1 aromatic heterocycles. The number of ether oxygens (including phenoxy) is 2. The summed E-state index contributed by atoms with van der Waals surface area (Å²) in [6.45, 7) is 0. The van der Waals surface area contributed by atoms with Crippen molar-refractivity contribution in [2.24, 2.45) is 0 Å². The molecule has 2 aromatic carbocycles. The summed E-state index contributed by atoms with van der Waals surface area (Å²) >= 11 is 0. The second-order valence-corrected chi connectivity index (χ2v) is 4.81. The van der Waals surface area contributed by atoms with Gasteiger partial charge < -0.3 is 14.6 Å². The van der Waals surface area contributed by atoms with E-state index < -0.39 is 5.97 Å². The van der Waals surface area contributed by atoms with Crippen molar-refractivity contribution < 1.29 is 19.4 Å². The van der Waals surface area contributed by atoms with E-state index in [1.54, 1.807) is 36.4 Å². The van der Waals surface area contributed by atoms with Crippen LogP contribution in [-0.4, -0.2) is 21.0 Å². The number of carbonyl (C=O) groups is 1. The Morgan fingerprint density at radius 3 is 2.24 bits per heavy atom. The second-order valence-electron chi connectivity index (χ2n) is 4.81. The van der Waals surface area contributed by atoms with Crippen LogP contribution in [0, 0.1) is 11.3 Å². The fraction of sp³-hybridized carbons (Fsp3) is 0. The van der Waals surface area contributed by atoms with Crippen molar-refractivity contribution in [2.45, 2.75) is 0 Å². The van der Waals surface area contributed by atoms with Crippen LogP contribution in [0.2, 0.25) is 0 Å². The molecule has 1 N–H and O–H groups in total. The summed E-state index contributed by atoms with van der Waals surface area (Å²) in [5.74, 6) is -0.324. The lowest BCUT2D eigenvalue weighted by atomic mass is 10.2. The number of rotatable bonds is 5. The maximum absolute atomic E-state index is 11.2. The van der Waals surface area contributed by atoms with Crippen LogP contribution in [0.5, 0.6) is 23.3 Å². The number of carboxylic acids is 1. The largest absolute Gasteiger partial charge is 0.478 e. The van der Waals surface area contributed by atoms with Crippen LogP contribution >= 0.6 is 0 Å². The molecule has 0 unspecified atom stereocenters. The van der Waals surface area contributed by atoms with E-state index in [2.05, 4.69) is 9.97 Å². The lowest BCUT2D eigenvalue weighted by molar-refractivity contribution is 0.0694. The molecule has 1 heterocycles. The minimum Gasteiger partial charge on any atom is -0.478 e. The smallest absolute Gasteiger partial charge is 0.339 e. The molecule has 0 radical (unpaired) electrons. The Morgan fingerprint density at radius 2 is 1.56 bits per heavy atom. The average molecular weight is 333 g/mol. The van der Waals surface area contributed by atoms with E-state index in [-0.39, 0.29) is 23.1 Å². The molecule has 3 aromatic rings. The third kappa shape index (κ3) is 3.71. The highest BCUT2D eigenvalue weighted by Crippen LogP contribution is 2.28. The molecule has 0 spiro atoms. The molecule has 25 heavy (non-hydrogen) atoms. The summed E-state index contributed by atoms with van der Waals surface area (Å²) in [5, 5.41) is 18.3. The maximum Gasteiger partial charge on any atom is 0.339 e. The number of nitrogens with zero attached hydrogens (tertiary/aromatic N) is 3. The molecule has 0 saturated carbocycles. The van der Waals surface area contributed by atoms with Crippen molar-refractivity contribution in [3.8, 4) is 29.3 Å². The highest BCUT2D eigenvalue weighted by Gasteiger charge is 2.12. The Hall–Kier alpha value is -3.92. The highest BCUT2D eigenvalue weighted by atomic mass is 16.5. The molecule has 0 amide bonds. The van der Waals surface area contributed by atoms with Gasteiger partial charge in [-0.2, -0.15) is 5.26 Å². The monoisotopic (exact) mass is 333 g/mol. The molecule has 0 fully saturated rings.